The van der Waals surface area contributed by atoms with Gasteiger partial charge in [0.15, 0.2) is 5.11 Å². The SMILES string of the molecule is O=C(O)c1ccc(NC(=S)NCCCc2ccccc2)cc1O. The number of phenols is 1. The van der Waals surface area contributed by atoms with Crippen LogP contribution in [0.5, 0.6) is 5.75 Å². The molecule has 0 unspecified atom stereocenters. The number of hydrogen-bond donors (Lipinski definition) is 4. The Hall–Kier alpha value is -2.60. The predicted molar refractivity (Wildman–Crippen MR) is 94.1 cm³/mol. The molecule has 23 heavy (non-hydrogen) atoms. The lowest BCUT2D eigenvalue weighted by molar-refractivity contribution is 0.0694. The summed E-state index contributed by atoms with van der Waals surface area (Å²) in [5.74, 6) is -1.47. The fraction of sp³-hybridized carbons (Fsp3) is 0.176. The summed E-state index contributed by atoms with van der Waals surface area (Å²) in [7, 11) is 0. The first-order valence-electron chi connectivity index (χ1n) is 7.21. The van der Waals surface area contributed by atoms with E-state index in [1.54, 1.807) is 6.07 Å². The number of carbonyl (C=O) groups is 1. The number of aromatic carboxylic acids is 1. The maximum atomic E-state index is 10.8. The molecule has 0 fully saturated rings. The highest BCUT2D eigenvalue weighted by molar-refractivity contribution is 7.80. The van der Waals surface area contributed by atoms with Gasteiger partial charge in [-0.3, -0.25) is 0 Å². The van der Waals surface area contributed by atoms with Crippen molar-refractivity contribution in [3.63, 3.8) is 0 Å². The number of anilines is 1. The van der Waals surface area contributed by atoms with Gasteiger partial charge in [0.05, 0.1) is 0 Å². The van der Waals surface area contributed by atoms with E-state index in [9.17, 15) is 9.90 Å². The van der Waals surface area contributed by atoms with E-state index >= 15 is 0 Å². The van der Waals surface area contributed by atoms with E-state index in [0.29, 0.717) is 10.8 Å². The van der Waals surface area contributed by atoms with Gasteiger partial charge in [-0.05, 0) is 42.8 Å². The molecule has 0 radical (unpaired) electrons. The Morgan fingerprint density at radius 2 is 1.87 bits per heavy atom. The van der Waals surface area contributed by atoms with E-state index in [-0.39, 0.29) is 11.3 Å². The van der Waals surface area contributed by atoms with E-state index in [1.807, 2.05) is 18.2 Å². The predicted octanol–water partition coefficient (Wildman–Crippen LogP) is 3.01. The van der Waals surface area contributed by atoms with Gasteiger partial charge in [-0.1, -0.05) is 30.3 Å². The second kappa shape index (κ2) is 8.14. The first-order valence-corrected chi connectivity index (χ1v) is 7.62. The molecule has 0 saturated heterocycles. The monoisotopic (exact) mass is 330 g/mol. The highest BCUT2D eigenvalue weighted by Gasteiger charge is 2.09. The van der Waals surface area contributed by atoms with Crippen molar-refractivity contribution in [3.8, 4) is 5.75 Å². The van der Waals surface area contributed by atoms with Crippen molar-refractivity contribution < 1.29 is 15.0 Å². The molecule has 0 aliphatic heterocycles. The third kappa shape index (κ3) is 5.27. The molecule has 5 nitrogen and oxygen atoms in total. The smallest absolute Gasteiger partial charge is 0.339 e. The van der Waals surface area contributed by atoms with Gasteiger partial charge in [-0.15, -0.1) is 0 Å². The van der Waals surface area contributed by atoms with Gasteiger partial charge in [-0.2, -0.15) is 0 Å². The lowest BCUT2D eigenvalue weighted by Crippen LogP contribution is -2.29. The maximum Gasteiger partial charge on any atom is 0.339 e. The van der Waals surface area contributed by atoms with Gasteiger partial charge < -0.3 is 20.8 Å². The lowest BCUT2D eigenvalue weighted by Gasteiger charge is -2.11. The summed E-state index contributed by atoms with van der Waals surface area (Å²) in [5, 5.41) is 24.9. The number of hydrogen-bond acceptors (Lipinski definition) is 3. The van der Waals surface area contributed by atoms with Crippen molar-refractivity contribution >= 4 is 29.0 Å². The summed E-state index contributed by atoms with van der Waals surface area (Å²) in [4.78, 5) is 10.8. The summed E-state index contributed by atoms with van der Waals surface area (Å²) in [6.07, 6.45) is 1.90. The molecule has 2 aromatic carbocycles. The van der Waals surface area contributed by atoms with E-state index in [1.165, 1.54) is 17.7 Å². The van der Waals surface area contributed by atoms with Gasteiger partial charge in [-0.25, -0.2) is 4.79 Å². The molecule has 0 aliphatic carbocycles. The highest BCUT2D eigenvalue weighted by atomic mass is 32.1. The zero-order chi connectivity index (χ0) is 16.7. The summed E-state index contributed by atoms with van der Waals surface area (Å²) in [5.41, 5.74) is 1.67. The zero-order valence-corrected chi connectivity index (χ0v) is 13.3. The Morgan fingerprint density at radius 3 is 2.52 bits per heavy atom. The van der Waals surface area contributed by atoms with Crippen LogP contribution in [0.2, 0.25) is 0 Å². The van der Waals surface area contributed by atoms with Crippen molar-refractivity contribution in [1.82, 2.24) is 5.32 Å². The number of nitrogens with one attached hydrogen (secondary N) is 2. The molecule has 0 heterocycles. The largest absolute Gasteiger partial charge is 0.507 e. The Kier molecular flexibility index (Phi) is 5.94. The molecular weight excluding hydrogens is 312 g/mol. The summed E-state index contributed by atoms with van der Waals surface area (Å²) < 4.78 is 0. The van der Waals surface area contributed by atoms with Gasteiger partial charge in [0.1, 0.15) is 11.3 Å². The minimum atomic E-state index is -1.17. The number of carboxylic acid groups (broad SMARTS) is 1. The molecular formula is C17H18N2O3S. The molecule has 0 spiro atoms. The number of benzene rings is 2. The molecule has 0 aromatic heterocycles. The lowest BCUT2D eigenvalue weighted by atomic mass is 10.1. The van der Waals surface area contributed by atoms with Crippen LogP contribution in [0.1, 0.15) is 22.3 Å². The highest BCUT2D eigenvalue weighted by Crippen LogP contribution is 2.21. The molecule has 0 atom stereocenters. The van der Waals surface area contributed by atoms with Crippen LogP contribution < -0.4 is 10.6 Å². The van der Waals surface area contributed by atoms with Gasteiger partial charge in [0.25, 0.3) is 0 Å². The van der Waals surface area contributed by atoms with Crippen LogP contribution in [0.3, 0.4) is 0 Å². The molecule has 120 valence electrons. The fourth-order valence-corrected chi connectivity index (χ4v) is 2.32. The van der Waals surface area contributed by atoms with E-state index in [0.717, 1.165) is 19.4 Å². The molecule has 2 rings (SSSR count). The minimum Gasteiger partial charge on any atom is -0.507 e. The maximum absolute atomic E-state index is 10.8. The van der Waals surface area contributed by atoms with Crippen LogP contribution in [0.25, 0.3) is 0 Å². The van der Waals surface area contributed by atoms with E-state index < -0.39 is 5.97 Å². The van der Waals surface area contributed by atoms with Gasteiger partial charge in [0, 0.05) is 18.3 Å². The molecule has 4 N–H and O–H groups in total. The van der Waals surface area contributed by atoms with Crippen molar-refractivity contribution in [2.24, 2.45) is 0 Å². The average molecular weight is 330 g/mol. The number of thiocarbonyl (C=S) groups is 1. The Morgan fingerprint density at radius 1 is 1.13 bits per heavy atom. The summed E-state index contributed by atoms with van der Waals surface area (Å²) >= 11 is 5.17. The van der Waals surface area contributed by atoms with Crippen LogP contribution in [0.4, 0.5) is 5.69 Å². The topological polar surface area (TPSA) is 81.6 Å². The van der Waals surface area contributed by atoms with E-state index in [4.69, 9.17) is 17.3 Å². The second-order valence-corrected chi connectivity index (χ2v) is 5.42. The Labute approximate surface area is 140 Å². The minimum absolute atomic E-state index is 0.141. The molecule has 6 heteroatoms. The van der Waals surface area contributed by atoms with Crippen molar-refractivity contribution in [2.45, 2.75) is 12.8 Å². The summed E-state index contributed by atoms with van der Waals surface area (Å²) in [6, 6.07) is 14.4. The second-order valence-electron chi connectivity index (χ2n) is 5.01. The van der Waals surface area contributed by atoms with Crippen LogP contribution >= 0.6 is 12.2 Å². The average Bonchev–Trinajstić information content (AvgIpc) is 2.52. The molecule has 2 aromatic rings. The number of aromatic hydroxyl groups is 1. The van der Waals surface area contributed by atoms with Crippen LogP contribution in [-0.2, 0) is 6.42 Å². The normalized spacial score (nSPS) is 10.1. The first-order chi connectivity index (χ1) is 11.1. The van der Waals surface area contributed by atoms with Crippen molar-refractivity contribution in [3.05, 3.63) is 59.7 Å². The quantitative estimate of drug-likeness (QED) is 0.481. The third-order valence-corrected chi connectivity index (χ3v) is 3.50. The van der Waals surface area contributed by atoms with Crippen molar-refractivity contribution in [1.29, 1.82) is 0 Å². The van der Waals surface area contributed by atoms with Gasteiger partial charge >= 0.3 is 5.97 Å². The Balaban J connectivity index is 1.76. The van der Waals surface area contributed by atoms with Crippen LogP contribution in [0, 0.1) is 0 Å². The third-order valence-electron chi connectivity index (χ3n) is 3.26. The van der Waals surface area contributed by atoms with Crippen molar-refractivity contribution in [2.75, 3.05) is 11.9 Å². The van der Waals surface area contributed by atoms with Crippen LogP contribution in [0.15, 0.2) is 48.5 Å². The molecule has 0 aliphatic rings. The number of rotatable bonds is 6. The number of aryl methyl sites for hydroxylation is 1. The fourth-order valence-electron chi connectivity index (χ4n) is 2.10. The Bertz CT molecular complexity index is 689. The summed E-state index contributed by atoms with van der Waals surface area (Å²) in [6.45, 7) is 0.722. The molecule has 0 amide bonds. The molecule has 0 bridgehead atoms. The first kappa shape index (κ1) is 16.8. The van der Waals surface area contributed by atoms with E-state index in [2.05, 4.69) is 22.8 Å². The van der Waals surface area contributed by atoms with Gasteiger partial charge in [0.2, 0.25) is 0 Å². The molecule has 0 saturated carbocycles. The van der Waals surface area contributed by atoms with Crippen LogP contribution in [-0.4, -0.2) is 27.8 Å². The number of carboxylic acids is 1. The standard InChI is InChI=1S/C17H18N2O3S/c20-15-11-13(8-9-14(15)16(21)22)19-17(23)18-10-4-7-12-5-2-1-3-6-12/h1-3,5-6,8-9,11,20H,4,7,10H2,(H,21,22)(H2,18,19,23). The zero-order valence-electron chi connectivity index (χ0n) is 12.5.